The van der Waals surface area contributed by atoms with Gasteiger partial charge < -0.3 is 10.1 Å². The Bertz CT molecular complexity index is 994. The van der Waals surface area contributed by atoms with Gasteiger partial charge in [0.05, 0.1) is 20.6 Å². The van der Waals surface area contributed by atoms with Gasteiger partial charge in [-0.05, 0) is 50.2 Å². The zero-order valence-corrected chi connectivity index (χ0v) is 18.4. The van der Waals surface area contributed by atoms with Crippen LogP contribution < -0.4 is 0 Å². The topological polar surface area (TPSA) is 93.5 Å². The van der Waals surface area contributed by atoms with Crippen molar-refractivity contribution in [2.75, 3.05) is 6.61 Å². The van der Waals surface area contributed by atoms with Crippen molar-refractivity contribution in [2.45, 2.75) is 30.8 Å². The Balaban J connectivity index is 2.15. The highest BCUT2D eigenvalue weighted by Gasteiger charge is 2.26. The summed E-state index contributed by atoms with van der Waals surface area (Å²) in [5.41, 5.74) is 1.31. The van der Waals surface area contributed by atoms with E-state index in [0.717, 1.165) is 17.8 Å². The predicted molar refractivity (Wildman–Crippen MR) is 113 cm³/mol. The molecule has 0 heterocycles. The Morgan fingerprint density at radius 3 is 2.34 bits per heavy atom. The lowest BCUT2D eigenvalue weighted by molar-refractivity contribution is 0.0311. The third kappa shape index (κ3) is 6.69. The molecule has 0 aliphatic rings. The van der Waals surface area contributed by atoms with Crippen LogP contribution in [0.5, 0.6) is 0 Å². The monoisotopic (exact) mass is 477 g/mol. The first kappa shape index (κ1) is 23.6. The standard InChI is InChI=1S/C19H18Cl3NO5S/c1-12-4-6-13(7-5-12)19(24)27-11-14(3-2-8-23)28-29(25,26)18-10-16(21)15(20)9-17(18)22/h4-10,14,23H,2-3,11H2,1H3. The number of hydrogen-bond acceptors (Lipinski definition) is 6. The molecule has 0 bridgehead atoms. The largest absolute Gasteiger partial charge is 0.459 e. The summed E-state index contributed by atoms with van der Waals surface area (Å²) in [5, 5.41) is 7.11. The Morgan fingerprint density at radius 1 is 1.10 bits per heavy atom. The second-order valence-electron chi connectivity index (χ2n) is 6.12. The fourth-order valence-electron chi connectivity index (χ4n) is 2.30. The van der Waals surface area contributed by atoms with E-state index in [2.05, 4.69) is 0 Å². The van der Waals surface area contributed by atoms with Crippen molar-refractivity contribution in [2.24, 2.45) is 0 Å². The highest BCUT2D eigenvalue weighted by molar-refractivity contribution is 7.87. The van der Waals surface area contributed by atoms with Gasteiger partial charge in [0.1, 0.15) is 17.6 Å². The number of nitrogens with one attached hydrogen (secondary N) is 1. The number of benzene rings is 2. The summed E-state index contributed by atoms with van der Waals surface area (Å²) in [7, 11) is -4.32. The molecule has 1 N–H and O–H groups in total. The first-order chi connectivity index (χ1) is 13.6. The van der Waals surface area contributed by atoms with Crippen LogP contribution in [0.3, 0.4) is 0 Å². The summed E-state index contributed by atoms with van der Waals surface area (Å²) in [6.45, 7) is 1.56. The Kier molecular flexibility index (Phi) is 8.48. The summed E-state index contributed by atoms with van der Waals surface area (Å²) < 4.78 is 35.7. The van der Waals surface area contributed by atoms with Crippen molar-refractivity contribution < 1.29 is 22.1 Å². The average Bonchev–Trinajstić information content (AvgIpc) is 2.66. The Morgan fingerprint density at radius 2 is 1.72 bits per heavy atom. The van der Waals surface area contributed by atoms with Gasteiger partial charge in [0.25, 0.3) is 10.1 Å². The van der Waals surface area contributed by atoms with Gasteiger partial charge in [0.15, 0.2) is 0 Å². The van der Waals surface area contributed by atoms with Crippen LogP contribution in [-0.4, -0.2) is 33.3 Å². The SMILES string of the molecule is Cc1ccc(C(=O)OCC(CCC=N)OS(=O)(=O)c2cc(Cl)c(Cl)cc2Cl)cc1. The van der Waals surface area contributed by atoms with E-state index in [1.165, 1.54) is 6.07 Å². The molecule has 1 unspecified atom stereocenters. The van der Waals surface area contributed by atoms with Crippen molar-refractivity contribution in [1.82, 2.24) is 0 Å². The minimum absolute atomic E-state index is 0.0000759. The number of aryl methyl sites for hydroxylation is 1. The van der Waals surface area contributed by atoms with E-state index < -0.39 is 22.2 Å². The van der Waals surface area contributed by atoms with Gasteiger partial charge in [-0.2, -0.15) is 8.42 Å². The lowest BCUT2D eigenvalue weighted by Gasteiger charge is -2.18. The van der Waals surface area contributed by atoms with Gasteiger partial charge >= 0.3 is 5.97 Å². The quantitative estimate of drug-likeness (QED) is 0.228. The van der Waals surface area contributed by atoms with Crippen molar-refractivity contribution in [3.05, 3.63) is 62.6 Å². The lowest BCUT2D eigenvalue weighted by Crippen LogP contribution is -2.26. The molecule has 0 fully saturated rings. The molecule has 0 aromatic heterocycles. The number of halogens is 3. The fourth-order valence-corrected chi connectivity index (χ4v) is 4.37. The van der Waals surface area contributed by atoms with Crippen LogP contribution >= 0.6 is 34.8 Å². The third-order valence-corrected chi connectivity index (χ3v) is 6.38. The molecular weight excluding hydrogens is 461 g/mol. The van der Waals surface area contributed by atoms with Crippen LogP contribution in [-0.2, 0) is 19.0 Å². The van der Waals surface area contributed by atoms with Crippen molar-refractivity contribution in [3.8, 4) is 0 Å². The molecule has 2 aromatic rings. The number of carbonyl (C=O) groups is 1. The summed E-state index contributed by atoms with van der Waals surface area (Å²) >= 11 is 17.7. The zero-order chi connectivity index (χ0) is 21.6. The molecular formula is C19H18Cl3NO5S. The minimum Gasteiger partial charge on any atom is -0.459 e. The molecule has 0 aliphatic carbocycles. The summed E-state index contributed by atoms with van der Waals surface area (Å²) in [6.07, 6.45) is 0.471. The van der Waals surface area contributed by atoms with Crippen LogP contribution in [0.25, 0.3) is 0 Å². The predicted octanol–water partition coefficient (Wildman–Crippen LogP) is 5.32. The molecule has 0 spiro atoms. The molecule has 10 heteroatoms. The Labute approximate surface area is 184 Å². The maximum atomic E-state index is 12.6. The fraction of sp³-hybridized carbons (Fsp3) is 0.263. The molecule has 2 rings (SSSR count). The maximum Gasteiger partial charge on any atom is 0.338 e. The second-order valence-corrected chi connectivity index (χ2v) is 8.88. The normalized spacial score (nSPS) is 12.4. The van der Waals surface area contributed by atoms with Crippen molar-refractivity contribution in [1.29, 1.82) is 5.41 Å². The molecule has 156 valence electrons. The lowest BCUT2D eigenvalue weighted by atomic mass is 10.1. The van der Waals surface area contributed by atoms with E-state index >= 15 is 0 Å². The van der Waals surface area contributed by atoms with E-state index in [1.807, 2.05) is 6.92 Å². The molecule has 0 saturated heterocycles. The van der Waals surface area contributed by atoms with E-state index in [-0.39, 0.29) is 39.4 Å². The number of hydrogen-bond donors (Lipinski definition) is 1. The second kappa shape index (κ2) is 10.4. The number of carbonyl (C=O) groups excluding carboxylic acids is 1. The minimum atomic E-state index is -4.32. The van der Waals surface area contributed by atoms with Gasteiger partial charge in [-0.1, -0.05) is 52.5 Å². The Hall–Kier alpha value is -1.64. The molecule has 0 amide bonds. The molecule has 1 atom stereocenters. The van der Waals surface area contributed by atoms with E-state index in [1.54, 1.807) is 24.3 Å². The van der Waals surface area contributed by atoms with E-state index in [0.29, 0.717) is 5.56 Å². The maximum absolute atomic E-state index is 12.6. The molecule has 2 aromatic carbocycles. The van der Waals surface area contributed by atoms with Gasteiger partial charge in [0, 0.05) is 0 Å². The van der Waals surface area contributed by atoms with Gasteiger partial charge in [-0.25, -0.2) is 4.79 Å². The number of ether oxygens (including phenoxy) is 1. The van der Waals surface area contributed by atoms with Gasteiger partial charge in [0.2, 0.25) is 0 Å². The molecule has 6 nitrogen and oxygen atoms in total. The van der Waals surface area contributed by atoms with Crippen LogP contribution in [0.1, 0.15) is 28.8 Å². The van der Waals surface area contributed by atoms with Gasteiger partial charge in [-0.15, -0.1) is 0 Å². The molecule has 29 heavy (non-hydrogen) atoms. The third-order valence-electron chi connectivity index (χ3n) is 3.83. The van der Waals surface area contributed by atoms with Crippen LogP contribution in [0.15, 0.2) is 41.3 Å². The van der Waals surface area contributed by atoms with E-state index in [4.69, 9.17) is 49.1 Å². The average molecular weight is 479 g/mol. The number of esters is 1. The zero-order valence-electron chi connectivity index (χ0n) is 15.3. The number of rotatable bonds is 9. The van der Waals surface area contributed by atoms with E-state index in [9.17, 15) is 13.2 Å². The summed E-state index contributed by atoms with van der Waals surface area (Å²) in [6, 6.07) is 9.03. The molecule has 0 radical (unpaired) electrons. The first-order valence-corrected chi connectivity index (χ1v) is 11.0. The molecule has 0 aliphatic heterocycles. The smallest absolute Gasteiger partial charge is 0.338 e. The van der Waals surface area contributed by atoms with Crippen LogP contribution in [0.4, 0.5) is 0 Å². The summed E-state index contributed by atoms with van der Waals surface area (Å²) in [4.78, 5) is 11.8. The molecule has 0 saturated carbocycles. The first-order valence-electron chi connectivity index (χ1n) is 8.44. The highest BCUT2D eigenvalue weighted by Crippen LogP contribution is 2.33. The van der Waals surface area contributed by atoms with Crippen molar-refractivity contribution in [3.63, 3.8) is 0 Å². The van der Waals surface area contributed by atoms with Crippen molar-refractivity contribution >= 4 is 57.1 Å². The van der Waals surface area contributed by atoms with Crippen LogP contribution in [0, 0.1) is 12.3 Å². The summed E-state index contributed by atoms with van der Waals surface area (Å²) in [5.74, 6) is -0.613. The van der Waals surface area contributed by atoms with Crippen LogP contribution in [0.2, 0.25) is 15.1 Å². The van der Waals surface area contributed by atoms with Gasteiger partial charge in [-0.3, -0.25) is 4.18 Å². The highest BCUT2D eigenvalue weighted by atomic mass is 35.5.